The zero-order valence-corrected chi connectivity index (χ0v) is 11.2. The number of pyridine rings is 1. The minimum absolute atomic E-state index is 0.0647. The molecule has 0 saturated carbocycles. The van der Waals surface area contributed by atoms with Crippen molar-refractivity contribution in [3.05, 3.63) is 58.3 Å². The second-order valence-electron chi connectivity index (χ2n) is 5.03. The van der Waals surface area contributed by atoms with E-state index in [1.54, 1.807) is 24.3 Å². The number of aromatic nitrogens is 1. The Bertz CT molecular complexity index is 899. The van der Waals surface area contributed by atoms with Gasteiger partial charge in [-0.2, -0.15) is 0 Å². The average Bonchev–Trinajstić information content (AvgIpc) is 2.48. The number of H-pyrrole nitrogens is 1. The van der Waals surface area contributed by atoms with Gasteiger partial charge in [0.25, 0.3) is 0 Å². The van der Waals surface area contributed by atoms with Crippen LogP contribution in [0.2, 0.25) is 0 Å². The molecule has 0 saturated heterocycles. The molecule has 0 amide bonds. The van der Waals surface area contributed by atoms with Crippen molar-refractivity contribution < 1.29 is 9.90 Å². The number of hydrogen-bond acceptors (Lipinski definition) is 3. The molecule has 0 aliphatic rings. The molecule has 0 aliphatic carbocycles. The van der Waals surface area contributed by atoms with Crippen LogP contribution >= 0.6 is 0 Å². The molecule has 1 unspecified atom stereocenters. The van der Waals surface area contributed by atoms with Crippen LogP contribution in [0.3, 0.4) is 0 Å². The first kappa shape index (κ1) is 13.3. The van der Waals surface area contributed by atoms with Gasteiger partial charge >= 0.3 is 5.97 Å². The maximum atomic E-state index is 12.5. The molecule has 1 heterocycles. The minimum atomic E-state index is -1.05. The highest BCUT2D eigenvalue weighted by Crippen LogP contribution is 2.16. The summed E-state index contributed by atoms with van der Waals surface area (Å²) in [6.07, 6.45) is 0.192. The molecule has 21 heavy (non-hydrogen) atoms. The number of carboxylic acid groups (broad SMARTS) is 1. The molecule has 0 radical (unpaired) electrons. The first-order valence-electron chi connectivity index (χ1n) is 6.58. The zero-order chi connectivity index (χ0) is 15.0. The third-order valence-electron chi connectivity index (χ3n) is 3.54. The lowest BCUT2D eigenvalue weighted by Gasteiger charge is -2.08. The van der Waals surface area contributed by atoms with Gasteiger partial charge in [-0.25, -0.2) is 0 Å². The number of nitrogens with two attached hydrogens (primary N) is 1. The topological polar surface area (TPSA) is 96.2 Å². The monoisotopic (exact) mass is 282 g/mol. The highest BCUT2D eigenvalue weighted by atomic mass is 16.4. The highest BCUT2D eigenvalue weighted by Gasteiger charge is 2.13. The van der Waals surface area contributed by atoms with Gasteiger partial charge in [0.1, 0.15) is 6.04 Å². The van der Waals surface area contributed by atoms with E-state index in [0.717, 1.165) is 16.6 Å². The van der Waals surface area contributed by atoms with Crippen LogP contribution in [0, 0.1) is 0 Å². The van der Waals surface area contributed by atoms with Crippen LogP contribution in [0.25, 0.3) is 21.8 Å². The van der Waals surface area contributed by atoms with Gasteiger partial charge in [-0.05, 0) is 36.2 Å². The number of carbonyl (C=O) groups is 1. The SMILES string of the molecule is NC(Cc1ccc2[nH]c3ccccc3c(=O)c2c1)C(=O)O. The van der Waals surface area contributed by atoms with Gasteiger partial charge in [0.05, 0.1) is 0 Å². The minimum Gasteiger partial charge on any atom is -0.480 e. The normalized spacial score (nSPS) is 12.6. The smallest absolute Gasteiger partial charge is 0.320 e. The van der Waals surface area contributed by atoms with E-state index in [1.165, 1.54) is 0 Å². The number of para-hydroxylation sites is 1. The van der Waals surface area contributed by atoms with Gasteiger partial charge in [-0.3, -0.25) is 9.59 Å². The summed E-state index contributed by atoms with van der Waals surface area (Å²) in [6, 6.07) is 11.6. The summed E-state index contributed by atoms with van der Waals surface area (Å²) in [5.74, 6) is -1.05. The van der Waals surface area contributed by atoms with Crippen LogP contribution in [0.4, 0.5) is 0 Å². The number of hydrogen-bond donors (Lipinski definition) is 3. The fraction of sp³-hybridized carbons (Fsp3) is 0.125. The lowest BCUT2D eigenvalue weighted by atomic mass is 10.0. The Morgan fingerprint density at radius 3 is 2.62 bits per heavy atom. The molecule has 106 valence electrons. The van der Waals surface area contributed by atoms with E-state index < -0.39 is 12.0 Å². The maximum Gasteiger partial charge on any atom is 0.320 e. The van der Waals surface area contributed by atoms with Crippen LogP contribution in [0.5, 0.6) is 0 Å². The van der Waals surface area contributed by atoms with Gasteiger partial charge in [0.2, 0.25) is 0 Å². The molecule has 1 aromatic heterocycles. The fourth-order valence-electron chi connectivity index (χ4n) is 2.44. The van der Waals surface area contributed by atoms with E-state index in [4.69, 9.17) is 10.8 Å². The third kappa shape index (κ3) is 2.39. The maximum absolute atomic E-state index is 12.5. The molecule has 4 N–H and O–H groups in total. The number of aromatic amines is 1. The third-order valence-corrected chi connectivity index (χ3v) is 3.54. The van der Waals surface area contributed by atoms with Gasteiger partial charge in [0.15, 0.2) is 5.43 Å². The van der Waals surface area contributed by atoms with Crippen molar-refractivity contribution in [3.63, 3.8) is 0 Å². The number of fused-ring (bicyclic) bond motifs is 2. The van der Waals surface area contributed by atoms with Crippen molar-refractivity contribution in [1.29, 1.82) is 0 Å². The summed E-state index contributed by atoms with van der Waals surface area (Å²) in [5, 5.41) is 10.0. The van der Waals surface area contributed by atoms with Crippen molar-refractivity contribution in [2.24, 2.45) is 5.73 Å². The molecule has 5 heteroatoms. The van der Waals surface area contributed by atoms with Gasteiger partial charge < -0.3 is 15.8 Å². The largest absolute Gasteiger partial charge is 0.480 e. The van der Waals surface area contributed by atoms with E-state index in [-0.39, 0.29) is 11.8 Å². The standard InChI is InChI=1S/C16H14N2O3/c17-12(16(20)21)8-9-5-6-14-11(7-9)15(19)10-3-1-2-4-13(10)18-14/h1-7,12H,8,17H2,(H,18,19)(H,20,21). The van der Waals surface area contributed by atoms with Crippen LogP contribution in [0.1, 0.15) is 5.56 Å². The molecule has 0 spiro atoms. The van der Waals surface area contributed by atoms with E-state index in [1.807, 2.05) is 18.2 Å². The molecular formula is C16H14N2O3. The summed E-state index contributed by atoms with van der Waals surface area (Å²) in [4.78, 5) is 26.5. The fourth-order valence-corrected chi connectivity index (χ4v) is 2.44. The Labute approximate surface area is 120 Å². The number of nitrogens with one attached hydrogen (secondary N) is 1. The van der Waals surface area contributed by atoms with E-state index in [0.29, 0.717) is 10.8 Å². The quantitative estimate of drug-likeness (QED) is 0.636. The summed E-state index contributed by atoms with van der Waals surface area (Å²) in [7, 11) is 0. The van der Waals surface area contributed by atoms with Crippen molar-refractivity contribution in [2.75, 3.05) is 0 Å². The van der Waals surface area contributed by atoms with E-state index >= 15 is 0 Å². The summed E-state index contributed by atoms with van der Waals surface area (Å²) in [5.41, 5.74) is 7.72. The van der Waals surface area contributed by atoms with Crippen molar-refractivity contribution >= 4 is 27.8 Å². The van der Waals surface area contributed by atoms with Gasteiger partial charge in [0, 0.05) is 21.8 Å². The van der Waals surface area contributed by atoms with Crippen molar-refractivity contribution in [3.8, 4) is 0 Å². The average molecular weight is 282 g/mol. The molecule has 0 aliphatic heterocycles. The molecular weight excluding hydrogens is 268 g/mol. The van der Waals surface area contributed by atoms with Crippen LogP contribution in [0.15, 0.2) is 47.3 Å². The van der Waals surface area contributed by atoms with Crippen LogP contribution in [-0.4, -0.2) is 22.1 Å². The predicted octanol–water partition coefficient (Wildman–Crippen LogP) is 1.64. The van der Waals surface area contributed by atoms with Crippen LogP contribution < -0.4 is 11.2 Å². The Hall–Kier alpha value is -2.66. The number of benzene rings is 2. The van der Waals surface area contributed by atoms with Crippen molar-refractivity contribution in [2.45, 2.75) is 12.5 Å². The Morgan fingerprint density at radius 1 is 1.14 bits per heavy atom. The first-order chi connectivity index (χ1) is 10.1. The molecule has 0 bridgehead atoms. The van der Waals surface area contributed by atoms with Crippen molar-refractivity contribution in [1.82, 2.24) is 4.98 Å². The first-order valence-corrected chi connectivity index (χ1v) is 6.58. The van der Waals surface area contributed by atoms with Gasteiger partial charge in [-0.1, -0.05) is 18.2 Å². The lowest BCUT2D eigenvalue weighted by molar-refractivity contribution is -0.138. The second kappa shape index (κ2) is 5.03. The summed E-state index contributed by atoms with van der Waals surface area (Å²) < 4.78 is 0. The van der Waals surface area contributed by atoms with E-state index in [2.05, 4.69) is 4.98 Å². The Kier molecular flexibility index (Phi) is 3.19. The Morgan fingerprint density at radius 2 is 1.86 bits per heavy atom. The summed E-state index contributed by atoms with van der Waals surface area (Å²) >= 11 is 0. The highest BCUT2D eigenvalue weighted by molar-refractivity contribution is 5.92. The number of rotatable bonds is 3. The molecule has 5 nitrogen and oxygen atoms in total. The molecule has 0 fully saturated rings. The zero-order valence-electron chi connectivity index (χ0n) is 11.2. The molecule has 3 aromatic rings. The van der Waals surface area contributed by atoms with Crippen LogP contribution in [-0.2, 0) is 11.2 Å². The van der Waals surface area contributed by atoms with Gasteiger partial charge in [-0.15, -0.1) is 0 Å². The predicted molar refractivity (Wildman–Crippen MR) is 81.4 cm³/mol. The number of carboxylic acids is 1. The van der Waals surface area contributed by atoms with E-state index in [9.17, 15) is 9.59 Å². The number of aliphatic carboxylic acids is 1. The molecule has 3 rings (SSSR count). The Balaban J connectivity index is 2.17. The molecule has 1 atom stereocenters. The molecule has 2 aromatic carbocycles. The lowest BCUT2D eigenvalue weighted by Crippen LogP contribution is -2.32. The summed E-state index contributed by atoms with van der Waals surface area (Å²) in [6.45, 7) is 0. The second-order valence-corrected chi connectivity index (χ2v) is 5.03.